The first-order valence-electron chi connectivity index (χ1n) is 7.28. The molecule has 0 aliphatic carbocycles. The number of ether oxygens (including phenoxy) is 1. The van der Waals surface area contributed by atoms with E-state index in [1.54, 1.807) is 37.6 Å². The zero-order chi connectivity index (χ0) is 16.3. The van der Waals surface area contributed by atoms with Gasteiger partial charge in [0, 0.05) is 12.1 Å². The van der Waals surface area contributed by atoms with Gasteiger partial charge in [-0.2, -0.15) is 0 Å². The molecular formula is C15H21FN4O2. The van der Waals surface area contributed by atoms with Gasteiger partial charge in [-0.15, -0.1) is 0 Å². The predicted molar refractivity (Wildman–Crippen MR) is 80.8 cm³/mol. The fourth-order valence-electron chi connectivity index (χ4n) is 3.21. The van der Waals surface area contributed by atoms with Crippen LogP contribution in [0.5, 0.6) is 0 Å². The maximum absolute atomic E-state index is 15.3. The van der Waals surface area contributed by atoms with E-state index in [2.05, 4.69) is 9.97 Å². The van der Waals surface area contributed by atoms with Gasteiger partial charge in [-0.1, -0.05) is 6.92 Å². The molecule has 120 valence electrons. The monoisotopic (exact) mass is 308 g/mol. The topological polar surface area (TPSA) is 86.2 Å². The van der Waals surface area contributed by atoms with Crippen LogP contribution in [0.3, 0.4) is 0 Å². The fourth-order valence-corrected chi connectivity index (χ4v) is 3.21. The van der Waals surface area contributed by atoms with Gasteiger partial charge in [-0.25, -0.2) is 14.4 Å². The molecule has 3 N–H and O–H groups in total. The van der Waals surface area contributed by atoms with E-state index in [4.69, 9.17) is 10.5 Å². The fraction of sp³-hybridized carbons (Fsp3) is 0.600. The Morgan fingerprint density at radius 3 is 2.73 bits per heavy atom. The summed E-state index contributed by atoms with van der Waals surface area (Å²) in [6.45, 7) is 6.49. The highest BCUT2D eigenvalue weighted by atomic mass is 19.1. The van der Waals surface area contributed by atoms with Gasteiger partial charge in [0.1, 0.15) is 17.8 Å². The zero-order valence-electron chi connectivity index (χ0n) is 13.1. The zero-order valence-corrected chi connectivity index (χ0v) is 13.1. The highest BCUT2D eigenvalue weighted by Crippen LogP contribution is 2.49. The predicted octanol–water partition coefficient (Wildman–Crippen LogP) is 2.05. The molecule has 0 saturated carbocycles. The number of nitrogen functional groups attached to an aromatic ring is 1. The van der Waals surface area contributed by atoms with Crippen LogP contribution in [0.15, 0.2) is 18.6 Å². The highest BCUT2D eigenvalue weighted by molar-refractivity contribution is 5.86. The van der Waals surface area contributed by atoms with Gasteiger partial charge in [0.15, 0.2) is 11.9 Å². The number of hydrogen-bond donors (Lipinski definition) is 2. The molecule has 1 fully saturated rings. The minimum atomic E-state index is -1.66. The van der Waals surface area contributed by atoms with Crippen LogP contribution in [0.2, 0.25) is 0 Å². The van der Waals surface area contributed by atoms with Crippen molar-refractivity contribution < 1.29 is 14.2 Å². The molecule has 6 nitrogen and oxygen atoms in total. The molecule has 0 bridgehead atoms. The second-order valence-corrected chi connectivity index (χ2v) is 6.72. The summed E-state index contributed by atoms with van der Waals surface area (Å²) in [4.78, 5) is 8.12. The number of aromatic nitrogens is 3. The summed E-state index contributed by atoms with van der Waals surface area (Å²) in [5.74, 6) is -0.136. The molecule has 3 rings (SSSR count). The number of nitrogens with zero attached hydrogens (tertiary/aromatic N) is 3. The molecule has 0 unspecified atom stereocenters. The van der Waals surface area contributed by atoms with Crippen LogP contribution >= 0.6 is 0 Å². The number of fused-ring (bicyclic) bond motifs is 1. The second-order valence-electron chi connectivity index (χ2n) is 6.72. The van der Waals surface area contributed by atoms with Crippen molar-refractivity contribution in [1.82, 2.24) is 14.5 Å². The Morgan fingerprint density at radius 1 is 1.45 bits per heavy atom. The third-order valence-electron chi connectivity index (χ3n) is 4.59. The summed E-state index contributed by atoms with van der Waals surface area (Å²) in [6, 6.07) is 1.74. The standard InChI is InChI=1S/C15H21FN4O2/c1-8-10(14(2,3)21)22-13(15(8,4)16)20-6-5-9-11(17)18-7-19-12(9)20/h5-8,10,13,21H,1-4H3,(H2,17,18,19)/t8-,10+,13-,15-/m1/s1. The van der Waals surface area contributed by atoms with Crippen LogP contribution in [-0.4, -0.2) is 37.0 Å². The summed E-state index contributed by atoms with van der Waals surface area (Å²) in [6.07, 6.45) is 1.53. The molecule has 0 spiro atoms. The number of rotatable bonds is 2. The van der Waals surface area contributed by atoms with Gasteiger partial charge < -0.3 is 20.1 Å². The Bertz CT molecular complexity index is 707. The van der Waals surface area contributed by atoms with E-state index in [1.165, 1.54) is 13.3 Å². The van der Waals surface area contributed by atoms with E-state index < -0.39 is 29.5 Å². The van der Waals surface area contributed by atoms with E-state index in [-0.39, 0.29) is 0 Å². The van der Waals surface area contributed by atoms with Gasteiger partial charge in [0.2, 0.25) is 0 Å². The minimum absolute atomic E-state index is 0.342. The molecule has 0 radical (unpaired) electrons. The first kappa shape index (κ1) is 15.2. The largest absolute Gasteiger partial charge is 0.388 e. The molecule has 2 aromatic heterocycles. The molecule has 1 aliphatic rings. The molecular weight excluding hydrogens is 287 g/mol. The number of aliphatic hydroxyl groups is 1. The van der Waals surface area contributed by atoms with E-state index in [1.807, 2.05) is 0 Å². The highest BCUT2D eigenvalue weighted by Gasteiger charge is 2.57. The van der Waals surface area contributed by atoms with Gasteiger partial charge >= 0.3 is 0 Å². The molecule has 4 atom stereocenters. The number of anilines is 1. The van der Waals surface area contributed by atoms with Gasteiger partial charge in [-0.3, -0.25) is 0 Å². The van der Waals surface area contributed by atoms with Crippen LogP contribution in [0.4, 0.5) is 10.2 Å². The molecule has 2 aromatic rings. The lowest BCUT2D eigenvalue weighted by atomic mass is 9.83. The first-order chi connectivity index (χ1) is 10.1. The number of nitrogens with two attached hydrogens (primary N) is 1. The third-order valence-corrected chi connectivity index (χ3v) is 4.59. The van der Waals surface area contributed by atoms with Crippen molar-refractivity contribution in [3.63, 3.8) is 0 Å². The van der Waals surface area contributed by atoms with Crippen LogP contribution in [0, 0.1) is 5.92 Å². The Kier molecular flexibility index (Phi) is 3.19. The van der Waals surface area contributed by atoms with Gasteiger partial charge in [0.05, 0.1) is 17.1 Å². The van der Waals surface area contributed by atoms with Crippen molar-refractivity contribution in [2.45, 2.75) is 51.3 Å². The van der Waals surface area contributed by atoms with E-state index in [0.29, 0.717) is 16.9 Å². The summed E-state index contributed by atoms with van der Waals surface area (Å²) in [5.41, 5.74) is 3.54. The van der Waals surface area contributed by atoms with Crippen molar-refractivity contribution in [3.8, 4) is 0 Å². The third kappa shape index (κ3) is 2.07. The maximum atomic E-state index is 15.3. The molecule has 1 saturated heterocycles. The van der Waals surface area contributed by atoms with E-state index in [0.717, 1.165) is 0 Å². The number of alkyl halides is 1. The van der Waals surface area contributed by atoms with Crippen molar-refractivity contribution in [2.24, 2.45) is 5.92 Å². The smallest absolute Gasteiger partial charge is 0.170 e. The lowest BCUT2D eigenvalue weighted by Gasteiger charge is -2.29. The van der Waals surface area contributed by atoms with Crippen molar-refractivity contribution in [1.29, 1.82) is 0 Å². The maximum Gasteiger partial charge on any atom is 0.170 e. The van der Waals surface area contributed by atoms with E-state index in [9.17, 15) is 5.11 Å². The van der Waals surface area contributed by atoms with E-state index >= 15 is 4.39 Å². The molecule has 3 heterocycles. The molecule has 22 heavy (non-hydrogen) atoms. The summed E-state index contributed by atoms with van der Waals surface area (Å²) in [5, 5.41) is 10.9. The van der Waals surface area contributed by atoms with Crippen molar-refractivity contribution in [2.75, 3.05) is 5.73 Å². The lowest BCUT2D eigenvalue weighted by Crippen LogP contribution is -2.42. The molecule has 0 amide bonds. The summed E-state index contributed by atoms with van der Waals surface area (Å²) < 4.78 is 22.8. The second kappa shape index (κ2) is 4.63. The van der Waals surface area contributed by atoms with Crippen LogP contribution in [0.1, 0.15) is 33.9 Å². The Hall–Kier alpha value is -1.73. The van der Waals surface area contributed by atoms with Crippen LogP contribution < -0.4 is 5.73 Å². The molecule has 7 heteroatoms. The normalized spacial score (nSPS) is 32.7. The Morgan fingerprint density at radius 2 is 2.14 bits per heavy atom. The lowest BCUT2D eigenvalue weighted by molar-refractivity contribution is -0.114. The first-order valence-corrected chi connectivity index (χ1v) is 7.28. The minimum Gasteiger partial charge on any atom is -0.388 e. The van der Waals surface area contributed by atoms with Crippen molar-refractivity contribution >= 4 is 16.9 Å². The average molecular weight is 308 g/mol. The van der Waals surface area contributed by atoms with Crippen molar-refractivity contribution in [3.05, 3.63) is 18.6 Å². The average Bonchev–Trinajstić information content (AvgIpc) is 2.91. The summed E-state index contributed by atoms with van der Waals surface area (Å²) in [7, 11) is 0. The van der Waals surface area contributed by atoms with Crippen LogP contribution in [-0.2, 0) is 4.74 Å². The number of halogens is 1. The Balaban J connectivity index is 2.09. The van der Waals surface area contributed by atoms with Gasteiger partial charge in [-0.05, 0) is 26.8 Å². The molecule has 1 aliphatic heterocycles. The Labute approximate surface area is 128 Å². The van der Waals surface area contributed by atoms with Crippen LogP contribution in [0.25, 0.3) is 11.0 Å². The quantitative estimate of drug-likeness (QED) is 0.886. The SMILES string of the molecule is C[C@@H]1[C@@H](C(C)(C)O)O[C@@H](n2ccc3c(N)ncnc32)[C@]1(C)F. The summed E-state index contributed by atoms with van der Waals surface area (Å²) >= 11 is 0. The van der Waals surface area contributed by atoms with Gasteiger partial charge in [0.25, 0.3) is 0 Å². The molecule has 0 aromatic carbocycles. The number of hydrogen-bond acceptors (Lipinski definition) is 5.